The summed E-state index contributed by atoms with van der Waals surface area (Å²) in [6.45, 7) is 0.459. The van der Waals surface area contributed by atoms with Crippen molar-refractivity contribution >= 4 is 5.95 Å². The molecule has 2 rings (SSSR count). The lowest BCUT2D eigenvalue weighted by Gasteiger charge is -2.14. The van der Waals surface area contributed by atoms with Gasteiger partial charge in [-0.1, -0.05) is 23.3 Å². The minimum Gasteiger partial charge on any atom is -0.354 e. The van der Waals surface area contributed by atoms with Crippen molar-refractivity contribution in [1.82, 2.24) is 20.2 Å². The molecule has 0 saturated heterocycles. The topological polar surface area (TPSA) is 74.1 Å². The predicted molar refractivity (Wildman–Crippen MR) is 65.4 cm³/mol. The Morgan fingerprint density at radius 2 is 1.94 bits per heavy atom. The molecule has 0 radical (unpaired) electrons. The Hall–Kier alpha value is -1.99. The van der Waals surface area contributed by atoms with E-state index in [1.54, 1.807) is 18.9 Å². The van der Waals surface area contributed by atoms with E-state index >= 15 is 0 Å². The number of para-hydroxylation sites is 1. The van der Waals surface area contributed by atoms with Crippen LogP contribution in [-0.4, -0.2) is 47.3 Å². The van der Waals surface area contributed by atoms with Gasteiger partial charge in [0.1, 0.15) is 0 Å². The predicted octanol–water partition coefficient (Wildman–Crippen LogP) is 0.693. The third-order valence-corrected chi connectivity index (χ3v) is 2.42. The molecule has 0 saturated carbocycles. The summed E-state index contributed by atoms with van der Waals surface area (Å²) in [7, 11) is 3.16. The van der Waals surface area contributed by atoms with Crippen LogP contribution >= 0.6 is 0 Å². The number of tetrazole rings is 1. The standard InChI is InChI=1S/C11H15N5O2/c1-17-10(18-2)8-12-11-13-14-15-16(11)9-6-4-3-5-7-9/h3-7,10H,8H2,1-2H3,(H,12,13,15). The highest BCUT2D eigenvalue weighted by atomic mass is 16.7. The molecule has 0 spiro atoms. The van der Waals surface area contributed by atoms with Gasteiger partial charge >= 0.3 is 0 Å². The zero-order valence-electron chi connectivity index (χ0n) is 10.3. The summed E-state index contributed by atoms with van der Waals surface area (Å²) in [4.78, 5) is 0. The monoisotopic (exact) mass is 249 g/mol. The van der Waals surface area contributed by atoms with E-state index in [0.29, 0.717) is 12.5 Å². The molecule has 0 unspecified atom stereocenters. The van der Waals surface area contributed by atoms with Crippen LogP contribution in [0, 0.1) is 0 Å². The van der Waals surface area contributed by atoms with Crippen molar-refractivity contribution in [2.45, 2.75) is 6.29 Å². The zero-order valence-corrected chi connectivity index (χ0v) is 10.3. The summed E-state index contributed by atoms with van der Waals surface area (Å²) in [6, 6.07) is 9.63. The Balaban J connectivity index is 2.09. The summed E-state index contributed by atoms with van der Waals surface area (Å²) in [5, 5.41) is 14.6. The first-order chi connectivity index (χ1) is 8.85. The van der Waals surface area contributed by atoms with Gasteiger partial charge in [0.2, 0.25) is 5.95 Å². The number of aromatic nitrogens is 4. The molecule has 0 aliphatic heterocycles. The fraction of sp³-hybridized carbons (Fsp3) is 0.364. The van der Waals surface area contributed by atoms with E-state index in [2.05, 4.69) is 20.8 Å². The van der Waals surface area contributed by atoms with Crippen LogP contribution in [0.5, 0.6) is 0 Å². The van der Waals surface area contributed by atoms with Crippen molar-refractivity contribution in [3.63, 3.8) is 0 Å². The lowest BCUT2D eigenvalue weighted by atomic mass is 10.3. The smallest absolute Gasteiger partial charge is 0.247 e. The lowest BCUT2D eigenvalue weighted by Crippen LogP contribution is -2.24. The zero-order chi connectivity index (χ0) is 12.8. The molecule has 1 N–H and O–H groups in total. The fourth-order valence-electron chi connectivity index (χ4n) is 1.48. The Morgan fingerprint density at radius 1 is 1.22 bits per heavy atom. The molecule has 0 atom stereocenters. The van der Waals surface area contributed by atoms with Crippen LogP contribution in [-0.2, 0) is 9.47 Å². The highest BCUT2D eigenvalue weighted by Gasteiger charge is 2.10. The number of rotatable bonds is 6. The number of benzene rings is 1. The second kappa shape index (κ2) is 6.08. The summed E-state index contributed by atoms with van der Waals surface area (Å²) in [5.74, 6) is 0.542. The molecule has 1 aromatic heterocycles. The first-order valence-corrected chi connectivity index (χ1v) is 5.48. The van der Waals surface area contributed by atoms with Crippen LogP contribution in [0.4, 0.5) is 5.95 Å². The minimum absolute atomic E-state index is 0.342. The maximum absolute atomic E-state index is 5.08. The molecular weight excluding hydrogens is 234 g/mol. The number of hydrogen-bond donors (Lipinski definition) is 1. The van der Waals surface area contributed by atoms with Crippen LogP contribution in [0.25, 0.3) is 5.69 Å². The molecule has 96 valence electrons. The lowest BCUT2D eigenvalue weighted by molar-refractivity contribution is -0.0915. The summed E-state index contributed by atoms with van der Waals surface area (Å²) < 4.78 is 11.8. The minimum atomic E-state index is -0.342. The van der Waals surface area contributed by atoms with Gasteiger partial charge in [0.05, 0.1) is 12.2 Å². The summed E-state index contributed by atoms with van der Waals surface area (Å²) >= 11 is 0. The number of nitrogens with one attached hydrogen (secondary N) is 1. The molecule has 0 aliphatic rings. The highest BCUT2D eigenvalue weighted by molar-refractivity contribution is 5.38. The van der Waals surface area contributed by atoms with E-state index in [1.807, 2.05) is 30.3 Å². The van der Waals surface area contributed by atoms with E-state index in [9.17, 15) is 0 Å². The summed E-state index contributed by atoms with van der Waals surface area (Å²) in [5.41, 5.74) is 0.886. The van der Waals surface area contributed by atoms with Crippen molar-refractivity contribution in [3.8, 4) is 5.69 Å². The number of nitrogens with zero attached hydrogens (tertiary/aromatic N) is 4. The quantitative estimate of drug-likeness (QED) is 0.759. The first-order valence-electron chi connectivity index (χ1n) is 5.48. The van der Waals surface area contributed by atoms with Gasteiger partial charge in [-0.15, -0.1) is 0 Å². The van der Waals surface area contributed by atoms with E-state index in [4.69, 9.17) is 9.47 Å². The van der Waals surface area contributed by atoms with Crippen molar-refractivity contribution < 1.29 is 9.47 Å². The third kappa shape index (κ3) is 2.82. The van der Waals surface area contributed by atoms with Gasteiger partial charge in [-0.05, 0) is 22.6 Å². The van der Waals surface area contributed by atoms with Gasteiger partial charge in [0.25, 0.3) is 0 Å². The number of ether oxygens (including phenoxy) is 2. The average molecular weight is 249 g/mol. The maximum atomic E-state index is 5.08. The van der Waals surface area contributed by atoms with Crippen molar-refractivity contribution in [3.05, 3.63) is 30.3 Å². The Labute approximate surface area is 105 Å². The Bertz CT molecular complexity index is 469. The number of methoxy groups -OCH3 is 2. The average Bonchev–Trinajstić information content (AvgIpc) is 2.89. The molecule has 18 heavy (non-hydrogen) atoms. The molecule has 0 fully saturated rings. The van der Waals surface area contributed by atoms with Crippen molar-refractivity contribution in [1.29, 1.82) is 0 Å². The summed E-state index contributed by atoms with van der Waals surface area (Å²) in [6.07, 6.45) is -0.342. The maximum Gasteiger partial charge on any atom is 0.247 e. The Kier molecular flexibility index (Phi) is 4.21. The molecule has 2 aromatic rings. The first kappa shape index (κ1) is 12.5. The van der Waals surface area contributed by atoms with E-state index in [0.717, 1.165) is 5.69 Å². The number of hydrogen-bond acceptors (Lipinski definition) is 6. The van der Waals surface area contributed by atoms with Gasteiger partial charge < -0.3 is 14.8 Å². The molecular formula is C11H15N5O2. The van der Waals surface area contributed by atoms with E-state index in [-0.39, 0.29) is 6.29 Å². The molecule has 0 aliphatic carbocycles. The van der Waals surface area contributed by atoms with Gasteiger partial charge in [-0.3, -0.25) is 0 Å². The van der Waals surface area contributed by atoms with Crippen LogP contribution < -0.4 is 5.32 Å². The van der Waals surface area contributed by atoms with Crippen molar-refractivity contribution in [2.24, 2.45) is 0 Å². The normalized spacial score (nSPS) is 10.8. The van der Waals surface area contributed by atoms with Crippen LogP contribution in [0.15, 0.2) is 30.3 Å². The molecule has 0 amide bonds. The van der Waals surface area contributed by atoms with Gasteiger partial charge in [-0.25, -0.2) is 0 Å². The van der Waals surface area contributed by atoms with Crippen LogP contribution in [0.2, 0.25) is 0 Å². The van der Waals surface area contributed by atoms with Gasteiger partial charge in [0, 0.05) is 14.2 Å². The molecule has 1 aromatic carbocycles. The molecule has 7 heteroatoms. The largest absolute Gasteiger partial charge is 0.354 e. The van der Waals surface area contributed by atoms with E-state index in [1.165, 1.54) is 0 Å². The number of anilines is 1. The molecule has 1 heterocycles. The fourth-order valence-corrected chi connectivity index (χ4v) is 1.48. The third-order valence-electron chi connectivity index (χ3n) is 2.42. The Morgan fingerprint density at radius 3 is 2.61 bits per heavy atom. The highest BCUT2D eigenvalue weighted by Crippen LogP contribution is 2.10. The molecule has 0 bridgehead atoms. The van der Waals surface area contributed by atoms with E-state index < -0.39 is 0 Å². The SMILES string of the molecule is COC(CNc1nnnn1-c1ccccc1)OC. The van der Waals surface area contributed by atoms with Crippen molar-refractivity contribution in [2.75, 3.05) is 26.1 Å². The van der Waals surface area contributed by atoms with Crippen LogP contribution in [0.3, 0.4) is 0 Å². The van der Waals surface area contributed by atoms with Crippen LogP contribution in [0.1, 0.15) is 0 Å². The second-order valence-electron chi connectivity index (χ2n) is 3.53. The molecule has 7 nitrogen and oxygen atoms in total. The van der Waals surface area contributed by atoms with Gasteiger partial charge in [-0.2, -0.15) is 4.68 Å². The second-order valence-corrected chi connectivity index (χ2v) is 3.53. The van der Waals surface area contributed by atoms with Gasteiger partial charge in [0.15, 0.2) is 6.29 Å².